The molecule has 0 aromatic carbocycles. The largest absolute Gasteiger partial charge is 0.491 e. The van der Waals surface area contributed by atoms with E-state index in [4.69, 9.17) is 14.5 Å². The van der Waals surface area contributed by atoms with Crippen LogP contribution in [-0.2, 0) is 6.54 Å². The summed E-state index contributed by atoms with van der Waals surface area (Å²) < 4.78 is 13.1. The molecule has 4 aromatic rings. The number of rotatable bonds is 10. The smallest absolute Gasteiger partial charge is 0.212 e. The number of nitrogens with one attached hydrogen (secondary N) is 1. The van der Waals surface area contributed by atoms with Crippen molar-refractivity contribution in [2.75, 3.05) is 58.4 Å². The molecule has 4 fully saturated rings. The van der Waals surface area contributed by atoms with Gasteiger partial charge in [0.1, 0.15) is 24.2 Å². The molecule has 3 atom stereocenters. The number of fused-ring (bicyclic) bond motifs is 3. The first-order chi connectivity index (χ1) is 21.6. The zero-order chi connectivity index (χ0) is 30.0. The molecule has 11 heteroatoms. The topological polar surface area (TPSA) is 107 Å². The number of nitriles is 1. The van der Waals surface area contributed by atoms with Crippen molar-refractivity contribution >= 4 is 11.3 Å². The predicted octanol–water partition coefficient (Wildman–Crippen LogP) is 3.20. The highest BCUT2D eigenvalue weighted by Crippen LogP contribution is 2.36. The fourth-order valence-electron chi connectivity index (χ4n) is 6.94. The Morgan fingerprint density at radius 3 is 2.68 bits per heavy atom. The van der Waals surface area contributed by atoms with Gasteiger partial charge in [-0.1, -0.05) is 6.07 Å². The van der Waals surface area contributed by atoms with Crippen molar-refractivity contribution < 1.29 is 9.47 Å². The van der Waals surface area contributed by atoms with Crippen molar-refractivity contribution in [1.82, 2.24) is 34.7 Å². The summed E-state index contributed by atoms with van der Waals surface area (Å²) in [6.07, 6.45) is 10.9. The lowest BCUT2D eigenvalue weighted by Gasteiger charge is -2.56. The molecule has 4 aliphatic heterocycles. The Kier molecular flexibility index (Phi) is 8.04. The first kappa shape index (κ1) is 28.5. The number of hydrogen-bond donors (Lipinski definition) is 1. The number of methoxy groups -OCH3 is 1. The minimum absolute atomic E-state index is 0.504. The molecule has 0 aliphatic carbocycles. The summed E-state index contributed by atoms with van der Waals surface area (Å²) in [6, 6.07) is 14.0. The van der Waals surface area contributed by atoms with Gasteiger partial charge in [0.05, 0.1) is 30.6 Å². The predicted molar refractivity (Wildman–Crippen MR) is 168 cm³/mol. The molecule has 4 aliphatic rings. The zero-order valence-corrected chi connectivity index (χ0v) is 25.4. The van der Waals surface area contributed by atoms with E-state index in [1.807, 2.05) is 30.7 Å². The molecule has 0 radical (unpaired) electrons. The second-order valence-electron chi connectivity index (χ2n) is 12.2. The van der Waals surface area contributed by atoms with Crippen LogP contribution in [0, 0.1) is 11.3 Å². The minimum atomic E-state index is 0.504. The van der Waals surface area contributed by atoms with Crippen molar-refractivity contribution in [3.63, 3.8) is 0 Å². The second-order valence-corrected chi connectivity index (χ2v) is 12.2. The van der Waals surface area contributed by atoms with E-state index in [1.54, 1.807) is 17.8 Å². The molecule has 0 amide bonds. The van der Waals surface area contributed by atoms with Gasteiger partial charge < -0.3 is 24.6 Å². The highest BCUT2D eigenvalue weighted by atomic mass is 16.5. The third-order valence-electron chi connectivity index (χ3n) is 9.23. The van der Waals surface area contributed by atoms with E-state index < -0.39 is 0 Å². The molecule has 2 bridgehead atoms. The number of likely N-dealkylation sites (tertiary alicyclic amines) is 1. The van der Waals surface area contributed by atoms with Crippen LogP contribution >= 0.6 is 0 Å². The average molecular weight is 594 g/mol. The van der Waals surface area contributed by atoms with Crippen LogP contribution in [-0.4, -0.2) is 101 Å². The zero-order valence-electron chi connectivity index (χ0n) is 25.4. The monoisotopic (exact) mass is 593 g/mol. The van der Waals surface area contributed by atoms with Crippen LogP contribution in [0.25, 0.3) is 16.6 Å². The molecule has 3 unspecified atom stereocenters. The van der Waals surface area contributed by atoms with E-state index in [2.05, 4.69) is 61.4 Å². The normalized spacial score (nSPS) is 22.0. The molecule has 4 aromatic heterocycles. The molecule has 228 valence electrons. The molecule has 11 nitrogen and oxygen atoms in total. The Balaban J connectivity index is 1.02. The van der Waals surface area contributed by atoms with Gasteiger partial charge in [-0.3, -0.25) is 4.90 Å². The maximum absolute atomic E-state index is 9.78. The van der Waals surface area contributed by atoms with Crippen LogP contribution < -0.4 is 19.7 Å². The molecule has 0 spiro atoms. The minimum Gasteiger partial charge on any atom is -0.491 e. The lowest BCUT2D eigenvalue weighted by atomic mass is 9.87. The van der Waals surface area contributed by atoms with Crippen LogP contribution in [0.3, 0.4) is 0 Å². The number of piperidine rings is 2. The Morgan fingerprint density at radius 1 is 1.07 bits per heavy atom. The lowest BCUT2D eigenvalue weighted by Crippen LogP contribution is -2.68. The summed E-state index contributed by atoms with van der Waals surface area (Å²) in [5, 5.41) is 17.9. The van der Waals surface area contributed by atoms with Gasteiger partial charge in [-0.05, 0) is 56.6 Å². The van der Waals surface area contributed by atoms with Gasteiger partial charge in [0.15, 0.2) is 0 Å². The molecular weight excluding hydrogens is 554 g/mol. The van der Waals surface area contributed by atoms with Crippen LogP contribution in [0.1, 0.15) is 30.4 Å². The number of anilines is 1. The molecule has 8 heterocycles. The van der Waals surface area contributed by atoms with Crippen molar-refractivity contribution in [2.45, 2.75) is 43.9 Å². The highest BCUT2D eigenvalue weighted by molar-refractivity contribution is 5.85. The van der Waals surface area contributed by atoms with Crippen molar-refractivity contribution in [3.8, 4) is 28.8 Å². The molecule has 1 N–H and O–H groups in total. The third-order valence-corrected chi connectivity index (χ3v) is 9.23. The van der Waals surface area contributed by atoms with E-state index in [0.717, 1.165) is 60.9 Å². The molecule has 44 heavy (non-hydrogen) atoms. The highest BCUT2D eigenvalue weighted by Gasteiger charge is 2.44. The third kappa shape index (κ3) is 5.80. The molecule has 4 saturated heterocycles. The van der Waals surface area contributed by atoms with Gasteiger partial charge in [0.2, 0.25) is 5.88 Å². The number of likely N-dealkylation sites (N-methyl/N-ethyl adjacent to an activating group) is 1. The van der Waals surface area contributed by atoms with E-state index in [0.29, 0.717) is 36.2 Å². The number of nitrogens with zero attached hydrogens (tertiary/aromatic N) is 8. The molecule has 0 saturated carbocycles. The average Bonchev–Trinajstić information content (AvgIpc) is 3.49. The maximum Gasteiger partial charge on any atom is 0.212 e. The molecular formula is C33H39N9O2. The fraction of sp³-hybridized carbons (Fsp3) is 0.455. The van der Waals surface area contributed by atoms with E-state index in [9.17, 15) is 5.26 Å². The number of pyridine rings is 3. The van der Waals surface area contributed by atoms with Crippen molar-refractivity contribution in [2.24, 2.45) is 0 Å². The van der Waals surface area contributed by atoms with Crippen LogP contribution in [0.5, 0.6) is 11.6 Å². The van der Waals surface area contributed by atoms with Crippen LogP contribution in [0.4, 0.5) is 5.82 Å². The Labute approximate surface area is 258 Å². The van der Waals surface area contributed by atoms with Gasteiger partial charge in [0, 0.05) is 80.4 Å². The first-order valence-electron chi connectivity index (χ1n) is 15.5. The number of hydrogen-bond acceptors (Lipinski definition) is 10. The van der Waals surface area contributed by atoms with Crippen LogP contribution in [0.15, 0.2) is 55.1 Å². The Bertz CT molecular complexity index is 1620. The summed E-state index contributed by atoms with van der Waals surface area (Å²) in [6.45, 7) is 6.37. The summed E-state index contributed by atoms with van der Waals surface area (Å²) >= 11 is 0. The number of ether oxygens (including phenoxy) is 2. The van der Waals surface area contributed by atoms with Gasteiger partial charge in [-0.2, -0.15) is 10.4 Å². The van der Waals surface area contributed by atoms with Gasteiger partial charge in [-0.25, -0.2) is 14.5 Å². The first-order valence-corrected chi connectivity index (χ1v) is 15.5. The summed E-state index contributed by atoms with van der Waals surface area (Å²) in [5.74, 6) is 2.34. The number of piperazine rings is 1. The number of aromatic nitrogens is 4. The van der Waals surface area contributed by atoms with Gasteiger partial charge in [0.25, 0.3) is 0 Å². The van der Waals surface area contributed by atoms with Gasteiger partial charge >= 0.3 is 0 Å². The summed E-state index contributed by atoms with van der Waals surface area (Å²) in [7, 11) is 3.81. The van der Waals surface area contributed by atoms with Gasteiger partial charge in [-0.15, -0.1) is 0 Å². The van der Waals surface area contributed by atoms with Crippen LogP contribution in [0.2, 0.25) is 0 Å². The summed E-state index contributed by atoms with van der Waals surface area (Å²) in [4.78, 5) is 16.6. The van der Waals surface area contributed by atoms with Crippen molar-refractivity contribution in [3.05, 3.63) is 66.2 Å². The summed E-state index contributed by atoms with van der Waals surface area (Å²) in [5.41, 5.74) is 4.32. The molecule has 8 rings (SSSR count). The maximum atomic E-state index is 9.78. The fourth-order valence-corrected chi connectivity index (χ4v) is 6.94. The van der Waals surface area contributed by atoms with E-state index >= 15 is 0 Å². The van der Waals surface area contributed by atoms with E-state index in [1.165, 1.54) is 31.4 Å². The Hall–Kier alpha value is -4.24. The van der Waals surface area contributed by atoms with Crippen molar-refractivity contribution in [1.29, 1.82) is 5.26 Å². The Morgan fingerprint density at radius 2 is 1.95 bits per heavy atom. The van der Waals surface area contributed by atoms with E-state index in [-0.39, 0.29) is 0 Å². The SMILES string of the molecule is COc1ccc(CN2C3CC2CN(c2ccc(-c4cc(OCCNC5CCCN(C)C5)cn5ncc(C#N)c45)cn2)C3)cn1. The quantitative estimate of drug-likeness (QED) is 0.276. The lowest BCUT2D eigenvalue weighted by molar-refractivity contribution is -0.00876. The standard InChI is InChI=1S/C33H39N9O2/c1-39-10-3-4-26(19-39)35-9-11-44-29-13-30(33-25(14-34)17-38-42(33)22-29)24-6-7-31(36-16-24)40-20-27-12-28(21-40)41(27)18-23-5-8-32(43-2)37-15-23/h5-8,13,15-17,22,26-28,35H,3-4,9-12,18-21H2,1-2H3. The second kappa shape index (κ2) is 12.4.